The maximum Gasteiger partial charge on any atom is 0.336 e. The zero-order valence-electron chi connectivity index (χ0n) is 10.6. The molecule has 2 aromatic carbocycles. The monoisotopic (exact) mass is 334 g/mol. The molecule has 0 aromatic heterocycles. The summed E-state index contributed by atoms with van der Waals surface area (Å²) < 4.78 is 5.78. The highest BCUT2D eigenvalue weighted by Gasteiger charge is 2.20. The molecule has 0 amide bonds. The summed E-state index contributed by atoms with van der Waals surface area (Å²) in [4.78, 5) is 23.8. The summed E-state index contributed by atoms with van der Waals surface area (Å²) in [7, 11) is 1.46. The molecule has 5 heteroatoms. The molecule has 0 saturated carbocycles. The molecule has 2 rings (SSSR count). The van der Waals surface area contributed by atoms with E-state index in [0.717, 1.165) is 0 Å². The molecule has 0 heterocycles. The molecule has 0 fully saturated rings. The number of rotatable bonds is 4. The number of carboxylic acids is 1. The van der Waals surface area contributed by atoms with Gasteiger partial charge in [-0.15, -0.1) is 0 Å². The Morgan fingerprint density at radius 2 is 1.75 bits per heavy atom. The van der Waals surface area contributed by atoms with E-state index in [2.05, 4.69) is 15.9 Å². The van der Waals surface area contributed by atoms with Crippen molar-refractivity contribution in [2.45, 2.75) is 0 Å². The maximum absolute atomic E-state index is 12.5. The lowest BCUT2D eigenvalue weighted by molar-refractivity contribution is 0.0692. The van der Waals surface area contributed by atoms with Crippen molar-refractivity contribution in [3.8, 4) is 5.75 Å². The number of aromatic carboxylic acids is 1. The average molecular weight is 335 g/mol. The fraction of sp³-hybridized carbons (Fsp3) is 0.0667. The number of hydrogen-bond acceptors (Lipinski definition) is 3. The van der Waals surface area contributed by atoms with Crippen molar-refractivity contribution in [2.24, 2.45) is 0 Å². The summed E-state index contributed by atoms with van der Waals surface area (Å²) in [5.74, 6) is -1.12. The van der Waals surface area contributed by atoms with Crippen LogP contribution in [0.25, 0.3) is 0 Å². The van der Waals surface area contributed by atoms with Gasteiger partial charge in [-0.3, -0.25) is 4.79 Å². The van der Waals surface area contributed by atoms with Crippen molar-refractivity contribution in [1.29, 1.82) is 0 Å². The number of hydrogen-bond donors (Lipinski definition) is 1. The third-order valence-corrected chi connectivity index (χ3v) is 3.30. The molecule has 0 bridgehead atoms. The first-order valence-corrected chi connectivity index (χ1v) is 6.54. The Balaban J connectivity index is 2.59. The number of carbonyl (C=O) groups excluding carboxylic acids is 1. The van der Waals surface area contributed by atoms with E-state index in [4.69, 9.17) is 4.74 Å². The Morgan fingerprint density at radius 1 is 1.05 bits per heavy atom. The predicted molar refractivity (Wildman–Crippen MR) is 77.5 cm³/mol. The lowest BCUT2D eigenvalue weighted by Gasteiger charge is -2.09. The van der Waals surface area contributed by atoms with Crippen LogP contribution in [0.5, 0.6) is 5.75 Å². The Bertz CT molecular complexity index is 679. The quantitative estimate of drug-likeness (QED) is 0.870. The SMILES string of the molecule is COc1ccccc1C(=O)c1cc(Br)ccc1C(=O)O. The van der Waals surface area contributed by atoms with E-state index in [9.17, 15) is 14.7 Å². The minimum atomic E-state index is -1.14. The number of ketones is 1. The summed E-state index contributed by atoms with van der Waals surface area (Å²) in [5.41, 5.74) is 0.413. The molecule has 4 nitrogen and oxygen atoms in total. The highest BCUT2D eigenvalue weighted by Crippen LogP contribution is 2.25. The molecular formula is C15H11BrO4. The second-order valence-electron chi connectivity index (χ2n) is 4.02. The van der Waals surface area contributed by atoms with Gasteiger partial charge in [0, 0.05) is 10.0 Å². The Kier molecular flexibility index (Phi) is 4.20. The first-order valence-electron chi connectivity index (χ1n) is 5.75. The highest BCUT2D eigenvalue weighted by atomic mass is 79.9. The van der Waals surface area contributed by atoms with Crippen molar-refractivity contribution < 1.29 is 19.4 Å². The normalized spacial score (nSPS) is 10.1. The number of halogens is 1. The Morgan fingerprint density at radius 3 is 2.40 bits per heavy atom. The number of carboxylic acid groups (broad SMARTS) is 1. The Labute approximate surface area is 124 Å². The smallest absolute Gasteiger partial charge is 0.336 e. The zero-order valence-corrected chi connectivity index (χ0v) is 12.2. The second kappa shape index (κ2) is 5.88. The van der Waals surface area contributed by atoms with Crippen LogP contribution in [-0.2, 0) is 0 Å². The molecule has 0 saturated heterocycles. The first kappa shape index (κ1) is 14.3. The van der Waals surface area contributed by atoms with Gasteiger partial charge in [0.05, 0.1) is 18.2 Å². The molecule has 0 unspecified atom stereocenters. The number of ether oxygens (including phenoxy) is 1. The molecule has 0 aliphatic heterocycles. The van der Waals surface area contributed by atoms with E-state index in [1.807, 2.05) is 0 Å². The minimum Gasteiger partial charge on any atom is -0.496 e. The van der Waals surface area contributed by atoms with Crippen LogP contribution in [0, 0.1) is 0 Å². The second-order valence-corrected chi connectivity index (χ2v) is 4.94. The third-order valence-electron chi connectivity index (χ3n) is 2.81. The fourth-order valence-corrected chi connectivity index (χ4v) is 2.23. The van der Waals surface area contributed by atoms with Gasteiger partial charge < -0.3 is 9.84 Å². The van der Waals surface area contributed by atoms with Gasteiger partial charge >= 0.3 is 5.97 Å². The van der Waals surface area contributed by atoms with Gasteiger partial charge in [0.1, 0.15) is 5.75 Å². The summed E-state index contributed by atoms with van der Waals surface area (Å²) in [6.45, 7) is 0. The number of carbonyl (C=O) groups is 2. The summed E-state index contributed by atoms with van der Waals surface area (Å²) in [5, 5.41) is 9.18. The van der Waals surface area contributed by atoms with Gasteiger partial charge in [0.25, 0.3) is 0 Å². The van der Waals surface area contributed by atoms with Gasteiger partial charge in [0.15, 0.2) is 5.78 Å². The van der Waals surface area contributed by atoms with E-state index < -0.39 is 5.97 Å². The minimum absolute atomic E-state index is 0.0379. The maximum atomic E-state index is 12.5. The van der Waals surface area contributed by atoms with E-state index in [0.29, 0.717) is 15.8 Å². The van der Waals surface area contributed by atoms with Crippen LogP contribution in [-0.4, -0.2) is 24.0 Å². The molecule has 20 heavy (non-hydrogen) atoms. The topological polar surface area (TPSA) is 63.6 Å². The van der Waals surface area contributed by atoms with Gasteiger partial charge in [-0.2, -0.15) is 0 Å². The predicted octanol–water partition coefficient (Wildman–Crippen LogP) is 3.39. The fourth-order valence-electron chi connectivity index (χ4n) is 1.87. The molecule has 0 radical (unpaired) electrons. The summed E-state index contributed by atoms with van der Waals surface area (Å²) in [6.07, 6.45) is 0. The van der Waals surface area contributed by atoms with Gasteiger partial charge in [-0.05, 0) is 30.3 Å². The van der Waals surface area contributed by atoms with Crippen molar-refractivity contribution >= 4 is 27.7 Å². The van der Waals surface area contributed by atoms with E-state index in [-0.39, 0.29) is 16.9 Å². The zero-order chi connectivity index (χ0) is 14.7. The number of methoxy groups -OCH3 is 1. The largest absolute Gasteiger partial charge is 0.496 e. The van der Waals surface area contributed by atoms with Crippen LogP contribution < -0.4 is 4.74 Å². The Hall–Kier alpha value is -2.14. The van der Waals surface area contributed by atoms with Crippen molar-refractivity contribution in [1.82, 2.24) is 0 Å². The van der Waals surface area contributed by atoms with Gasteiger partial charge in [-0.1, -0.05) is 28.1 Å². The van der Waals surface area contributed by atoms with Crippen molar-refractivity contribution in [3.63, 3.8) is 0 Å². The van der Waals surface area contributed by atoms with E-state index >= 15 is 0 Å². The van der Waals surface area contributed by atoms with Crippen molar-refractivity contribution in [2.75, 3.05) is 7.11 Å². The van der Waals surface area contributed by atoms with E-state index in [1.165, 1.54) is 19.2 Å². The molecule has 0 aliphatic rings. The summed E-state index contributed by atoms with van der Waals surface area (Å²) >= 11 is 3.25. The standard InChI is InChI=1S/C15H11BrO4/c1-20-13-5-3-2-4-11(13)14(17)12-8-9(16)6-7-10(12)15(18)19/h2-8H,1H3,(H,18,19). The van der Waals surface area contributed by atoms with E-state index in [1.54, 1.807) is 30.3 Å². The molecule has 0 spiro atoms. The first-order chi connectivity index (χ1) is 9.54. The lowest BCUT2D eigenvalue weighted by Crippen LogP contribution is -2.10. The highest BCUT2D eigenvalue weighted by molar-refractivity contribution is 9.10. The molecule has 0 atom stereocenters. The lowest BCUT2D eigenvalue weighted by atomic mass is 9.98. The number of benzene rings is 2. The number of para-hydroxylation sites is 1. The van der Waals surface area contributed by atoms with Gasteiger partial charge in [-0.25, -0.2) is 4.79 Å². The average Bonchev–Trinajstić information content (AvgIpc) is 2.46. The van der Waals surface area contributed by atoms with Crippen LogP contribution in [0.4, 0.5) is 0 Å². The van der Waals surface area contributed by atoms with Crippen LogP contribution in [0.15, 0.2) is 46.9 Å². The van der Waals surface area contributed by atoms with Crippen LogP contribution in [0.1, 0.15) is 26.3 Å². The van der Waals surface area contributed by atoms with Gasteiger partial charge in [0.2, 0.25) is 0 Å². The van der Waals surface area contributed by atoms with Crippen LogP contribution in [0.3, 0.4) is 0 Å². The van der Waals surface area contributed by atoms with Crippen LogP contribution >= 0.6 is 15.9 Å². The molecule has 1 N–H and O–H groups in total. The molecular weight excluding hydrogens is 324 g/mol. The summed E-state index contributed by atoms with van der Waals surface area (Å²) in [6, 6.07) is 11.2. The molecule has 2 aromatic rings. The molecule has 102 valence electrons. The molecule has 0 aliphatic carbocycles. The van der Waals surface area contributed by atoms with Crippen LogP contribution in [0.2, 0.25) is 0 Å². The third kappa shape index (κ3) is 2.72. The van der Waals surface area contributed by atoms with Crippen molar-refractivity contribution in [3.05, 3.63) is 63.6 Å².